The molecule has 0 heterocycles. The zero-order valence-corrected chi connectivity index (χ0v) is 5.11. The minimum atomic E-state index is -0.125. The molecule has 2 nitrogen and oxygen atoms in total. The molecule has 0 aromatic carbocycles. The van der Waals surface area contributed by atoms with Crippen LogP contribution in [0.3, 0.4) is 0 Å². The molecule has 1 radical (unpaired) electrons. The second-order valence-corrected chi connectivity index (χ2v) is 0.447. The number of hydrogen-bond acceptors (Lipinski definition) is 2. The zero-order chi connectivity index (χ0) is 3.41. The fraction of sp³-hybridized carbons (Fsp3) is 1.00. The first-order valence-electron chi connectivity index (χ1n) is 1.13. The van der Waals surface area contributed by atoms with E-state index < -0.39 is 0 Å². The fourth-order valence-electron chi connectivity index (χ4n) is 0. The Labute approximate surface area is 71.7 Å². The predicted octanol–water partition coefficient (Wildman–Crippen LogP) is -1.03. The summed E-state index contributed by atoms with van der Waals surface area (Å²) in [4.78, 5) is 0. The number of rotatable bonds is 1. The van der Waals surface area contributed by atoms with E-state index >= 15 is 0 Å². The van der Waals surface area contributed by atoms with Crippen molar-refractivity contribution in [1.82, 2.24) is 0 Å². The zero-order valence-electron chi connectivity index (χ0n) is 2.69. The van der Waals surface area contributed by atoms with Crippen LogP contribution in [0.15, 0.2) is 0 Å². The van der Waals surface area contributed by atoms with Crippen molar-refractivity contribution < 1.29 is 59.6 Å². The smallest absolute Gasteiger partial charge is 0.0662 e. The second kappa shape index (κ2) is 9.09. The Morgan fingerprint density at radius 3 is 1.20 bits per heavy atom. The Bertz CT molecular complexity index is 9.61. The van der Waals surface area contributed by atoms with Gasteiger partial charge >= 0.3 is 0 Å². The van der Waals surface area contributed by atoms with Gasteiger partial charge in [0.15, 0.2) is 0 Å². The van der Waals surface area contributed by atoms with Gasteiger partial charge in [0, 0.05) is 49.4 Å². The first-order valence-corrected chi connectivity index (χ1v) is 1.13. The summed E-state index contributed by atoms with van der Waals surface area (Å²) >= 11 is 0. The first-order chi connectivity index (χ1) is 1.91. The molecule has 2 N–H and O–H groups in total. The molecule has 3 heteroatoms. The summed E-state index contributed by atoms with van der Waals surface area (Å²) in [6, 6.07) is 0. The van der Waals surface area contributed by atoms with Gasteiger partial charge in [0.2, 0.25) is 0 Å². The van der Waals surface area contributed by atoms with Crippen LogP contribution >= 0.6 is 0 Å². The van der Waals surface area contributed by atoms with E-state index in [2.05, 4.69) is 0 Å². The number of aliphatic hydroxyl groups is 2. The van der Waals surface area contributed by atoms with E-state index in [1.807, 2.05) is 0 Å². The van der Waals surface area contributed by atoms with E-state index in [0.717, 1.165) is 0 Å². The maximum absolute atomic E-state index is 7.62. The van der Waals surface area contributed by atoms with Crippen molar-refractivity contribution in [3.63, 3.8) is 0 Å². The minimum absolute atomic E-state index is 0. The minimum Gasteiger partial charge on any atom is -0.394 e. The molecular formula is C2H6EuO2. The summed E-state index contributed by atoms with van der Waals surface area (Å²) in [7, 11) is 0. The Morgan fingerprint density at radius 1 is 1.00 bits per heavy atom. The van der Waals surface area contributed by atoms with Gasteiger partial charge in [0.1, 0.15) is 0 Å². The van der Waals surface area contributed by atoms with E-state index in [-0.39, 0.29) is 62.6 Å². The molecule has 0 unspecified atom stereocenters. The molecule has 33 valence electrons. The summed E-state index contributed by atoms with van der Waals surface area (Å²) < 4.78 is 0. The summed E-state index contributed by atoms with van der Waals surface area (Å²) in [5, 5.41) is 15.2. The molecule has 0 aliphatic rings. The van der Waals surface area contributed by atoms with Crippen LogP contribution in [0.1, 0.15) is 0 Å². The normalized spacial score (nSPS) is 6.00. The molecule has 0 amide bonds. The van der Waals surface area contributed by atoms with E-state index in [1.165, 1.54) is 0 Å². The molecule has 5 heavy (non-hydrogen) atoms. The van der Waals surface area contributed by atoms with Crippen molar-refractivity contribution in [3.05, 3.63) is 0 Å². The molecule has 0 aliphatic heterocycles. The molecule has 0 spiro atoms. The molecule has 0 aliphatic carbocycles. The van der Waals surface area contributed by atoms with Gasteiger partial charge in [-0.25, -0.2) is 0 Å². The molecule has 0 atom stereocenters. The molecule has 0 saturated heterocycles. The van der Waals surface area contributed by atoms with Crippen LogP contribution in [0.4, 0.5) is 0 Å². The third kappa shape index (κ3) is 10.8. The van der Waals surface area contributed by atoms with Crippen molar-refractivity contribution in [2.24, 2.45) is 0 Å². The number of aliphatic hydroxyl groups excluding tert-OH is 2. The van der Waals surface area contributed by atoms with Gasteiger partial charge in [0.05, 0.1) is 13.2 Å². The van der Waals surface area contributed by atoms with Crippen molar-refractivity contribution in [2.75, 3.05) is 13.2 Å². The summed E-state index contributed by atoms with van der Waals surface area (Å²) in [6.45, 7) is -0.250. The molecule has 0 saturated carbocycles. The van der Waals surface area contributed by atoms with Crippen LogP contribution in [0, 0.1) is 49.4 Å². The third-order valence-corrected chi connectivity index (χ3v) is 0.1000. The first kappa shape index (κ1) is 9.71. The van der Waals surface area contributed by atoms with E-state index in [0.29, 0.717) is 0 Å². The molecule has 0 rings (SSSR count). The van der Waals surface area contributed by atoms with Gasteiger partial charge in [-0.15, -0.1) is 0 Å². The maximum Gasteiger partial charge on any atom is 0.0662 e. The van der Waals surface area contributed by atoms with Crippen LogP contribution in [0.25, 0.3) is 0 Å². The van der Waals surface area contributed by atoms with Gasteiger partial charge in [0.25, 0.3) is 0 Å². The Balaban J connectivity index is 0. The molecule has 0 aromatic rings. The predicted molar refractivity (Wildman–Crippen MR) is 14.2 cm³/mol. The van der Waals surface area contributed by atoms with Crippen LogP contribution in [0.2, 0.25) is 0 Å². The monoisotopic (exact) mass is 215 g/mol. The van der Waals surface area contributed by atoms with Crippen molar-refractivity contribution in [1.29, 1.82) is 0 Å². The molecular weight excluding hydrogens is 208 g/mol. The van der Waals surface area contributed by atoms with Crippen LogP contribution in [-0.2, 0) is 0 Å². The van der Waals surface area contributed by atoms with Gasteiger partial charge in [-0.05, 0) is 0 Å². The van der Waals surface area contributed by atoms with Crippen molar-refractivity contribution >= 4 is 0 Å². The molecule has 0 fully saturated rings. The van der Waals surface area contributed by atoms with Gasteiger partial charge in [-0.2, -0.15) is 0 Å². The standard InChI is InChI=1S/C2H6O2.Eu/c3-1-2-4;/h3-4H,1-2H2;. The summed E-state index contributed by atoms with van der Waals surface area (Å²) in [6.07, 6.45) is 0. The number of hydrogen-bond donors (Lipinski definition) is 2. The average Bonchev–Trinajstić information content (AvgIpc) is 1.37. The Kier molecular flexibility index (Phi) is 17.7. The van der Waals surface area contributed by atoms with Crippen LogP contribution in [0.5, 0.6) is 0 Å². The summed E-state index contributed by atoms with van der Waals surface area (Å²) in [5.74, 6) is 0. The van der Waals surface area contributed by atoms with E-state index in [9.17, 15) is 0 Å². The van der Waals surface area contributed by atoms with Crippen molar-refractivity contribution in [3.8, 4) is 0 Å². The van der Waals surface area contributed by atoms with Gasteiger partial charge in [-0.1, -0.05) is 0 Å². The van der Waals surface area contributed by atoms with E-state index in [1.54, 1.807) is 0 Å². The Morgan fingerprint density at radius 2 is 1.20 bits per heavy atom. The van der Waals surface area contributed by atoms with E-state index in [4.69, 9.17) is 10.2 Å². The summed E-state index contributed by atoms with van der Waals surface area (Å²) in [5.41, 5.74) is 0. The van der Waals surface area contributed by atoms with Crippen LogP contribution in [-0.4, -0.2) is 23.4 Å². The van der Waals surface area contributed by atoms with Gasteiger partial charge < -0.3 is 10.2 Å². The van der Waals surface area contributed by atoms with Crippen LogP contribution < -0.4 is 0 Å². The largest absolute Gasteiger partial charge is 0.394 e. The van der Waals surface area contributed by atoms with Crippen molar-refractivity contribution in [2.45, 2.75) is 0 Å². The molecule has 0 bridgehead atoms. The second-order valence-electron chi connectivity index (χ2n) is 0.447. The average molecular weight is 214 g/mol. The SMILES string of the molecule is OCCO.[Eu]. The fourth-order valence-corrected chi connectivity index (χ4v) is 0. The topological polar surface area (TPSA) is 40.5 Å². The quantitative estimate of drug-likeness (QED) is 0.586. The third-order valence-electron chi connectivity index (χ3n) is 0.1000. The molecule has 0 aromatic heterocycles. The Hall–Kier alpha value is 1.50. The van der Waals surface area contributed by atoms with Gasteiger partial charge in [-0.3, -0.25) is 0 Å². The maximum atomic E-state index is 7.62.